The van der Waals surface area contributed by atoms with Crippen LogP contribution in [0, 0.1) is 5.92 Å². The van der Waals surface area contributed by atoms with Gasteiger partial charge in [0.15, 0.2) is 0 Å². The van der Waals surface area contributed by atoms with Gasteiger partial charge in [-0.15, -0.1) is 0 Å². The minimum Gasteiger partial charge on any atom is -0.388 e. The van der Waals surface area contributed by atoms with Crippen LogP contribution in [0.2, 0.25) is 0 Å². The highest BCUT2D eigenvalue weighted by Gasteiger charge is 2.33. The number of nitrogens with zero attached hydrogens (tertiary/aromatic N) is 1. The molecule has 0 aromatic heterocycles. The van der Waals surface area contributed by atoms with Gasteiger partial charge in [0, 0.05) is 24.2 Å². The molecule has 2 unspecified atom stereocenters. The van der Waals surface area contributed by atoms with Crippen LogP contribution >= 0.6 is 0 Å². The second-order valence-corrected chi connectivity index (χ2v) is 7.54. The minimum atomic E-state index is 0.490. The Hall–Kier alpha value is -1.80. The Morgan fingerprint density at radius 1 is 1.19 bits per heavy atom. The number of rotatable bonds is 10. The monoisotopic (exact) mass is 355 g/mol. The summed E-state index contributed by atoms with van der Waals surface area (Å²) in [5.74, 6) is 0.490. The zero-order chi connectivity index (χ0) is 19.7. The summed E-state index contributed by atoms with van der Waals surface area (Å²) in [7, 11) is 4.34. The Morgan fingerprint density at radius 2 is 1.81 bits per heavy atom. The van der Waals surface area contributed by atoms with Crippen LogP contribution in [0.15, 0.2) is 65.5 Å². The number of nitrogens with one attached hydrogen (secondary N) is 1. The third-order valence-electron chi connectivity index (χ3n) is 5.58. The van der Waals surface area contributed by atoms with Crippen molar-refractivity contribution in [2.75, 3.05) is 20.6 Å². The molecular weight excluding hydrogens is 316 g/mol. The summed E-state index contributed by atoms with van der Waals surface area (Å²) >= 11 is 0. The minimum absolute atomic E-state index is 0.490. The van der Waals surface area contributed by atoms with Gasteiger partial charge < -0.3 is 5.32 Å². The summed E-state index contributed by atoms with van der Waals surface area (Å²) in [6.45, 7) is 17.7. The molecular formula is C24H39N2+. The van der Waals surface area contributed by atoms with E-state index in [1.807, 2.05) is 7.05 Å². The van der Waals surface area contributed by atoms with Crippen molar-refractivity contribution in [2.45, 2.75) is 54.0 Å². The van der Waals surface area contributed by atoms with Crippen molar-refractivity contribution in [2.24, 2.45) is 5.92 Å². The van der Waals surface area contributed by atoms with Gasteiger partial charge in [-0.25, -0.2) is 0 Å². The Morgan fingerprint density at radius 3 is 2.27 bits per heavy atom. The fraction of sp³-hybridized carbons (Fsp3) is 0.500. The largest absolute Gasteiger partial charge is 0.388 e. The first-order valence-electron chi connectivity index (χ1n) is 10.00. The van der Waals surface area contributed by atoms with Gasteiger partial charge in [-0.2, -0.15) is 0 Å². The van der Waals surface area contributed by atoms with E-state index < -0.39 is 0 Å². The van der Waals surface area contributed by atoms with Crippen LogP contribution in [0.3, 0.4) is 0 Å². The molecule has 0 fully saturated rings. The maximum Gasteiger partial charge on any atom is 0.121 e. The van der Waals surface area contributed by atoms with Crippen LogP contribution in [0.4, 0.5) is 0 Å². The maximum absolute atomic E-state index is 4.33. The highest BCUT2D eigenvalue weighted by Crippen LogP contribution is 2.33. The van der Waals surface area contributed by atoms with Crippen molar-refractivity contribution in [1.82, 2.24) is 5.32 Å². The van der Waals surface area contributed by atoms with Crippen molar-refractivity contribution in [1.29, 1.82) is 0 Å². The van der Waals surface area contributed by atoms with E-state index in [1.54, 1.807) is 0 Å². The number of hydrogen-bond donors (Lipinski definition) is 1. The average molecular weight is 356 g/mol. The molecule has 0 heterocycles. The van der Waals surface area contributed by atoms with Gasteiger partial charge in [0.1, 0.15) is 12.2 Å². The predicted octanol–water partition coefficient (Wildman–Crippen LogP) is 6.04. The summed E-state index contributed by atoms with van der Waals surface area (Å²) in [6.07, 6.45) is 4.53. The van der Waals surface area contributed by atoms with Gasteiger partial charge >= 0.3 is 0 Å². The molecule has 0 bridgehead atoms. The van der Waals surface area contributed by atoms with Crippen LogP contribution in [-0.2, 0) is 6.54 Å². The highest BCUT2D eigenvalue weighted by atomic mass is 15.3. The molecule has 2 heteroatoms. The van der Waals surface area contributed by atoms with Gasteiger partial charge in [0.2, 0.25) is 0 Å². The van der Waals surface area contributed by atoms with E-state index >= 15 is 0 Å². The normalized spacial score (nSPS) is 16.5. The van der Waals surface area contributed by atoms with Crippen molar-refractivity contribution < 1.29 is 4.48 Å². The molecule has 0 amide bonds. The standard InChI is InChI=1S/C24H39N2/c1-9-19(4)17-23(21(6)25-7)24(20(5)10-2)26(8,11-3)18-22-15-13-12-14-16-22/h12-17,20,25H,6,9-11,18H2,1-5,7-8H3/q+1. The van der Waals surface area contributed by atoms with Crippen molar-refractivity contribution >= 4 is 0 Å². The van der Waals surface area contributed by atoms with Crippen LogP contribution in [0.25, 0.3) is 0 Å². The second-order valence-electron chi connectivity index (χ2n) is 7.54. The molecule has 144 valence electrons. The third-order valence-corrected chi connectivity index (χ3v) is 5.58. The number of likely N-dealkylation sites (N-methyl/N-ethyl adjacent to an activating group) is 1. The highest BCUT2D eigenvalue weighted by molar-refractivity contribution is 5.41. The molecule has 2 atom stereocenters. The fourth-order valence-corrected chi connectivity index (χ4v) is 3.43. The summed E-state index contributed by atoms with van der Waals surface area (Å²) < 4.78 is 0.905. The molecule has 0 aliphatic carbocycles. The maximum atomic E-state index is 4.33. The molecule has 1 aromatic carbocycles. The molecule has 26 heavy (non-hydrogen) atoms. The molecule has 2 nitrogen and oxygen atoms in total. The quantitative estimate of drug-likeness (QED) is 0.398. The lowest BCUT2D eigenvalue weighted by atomic mass is 9.93. The molecule has 0 spiro atoms. The summed E-state index contributed by atoms with van der Waals surface area (Å²) in [5, 5.41) is 3.31. The van der Waals surface area contributed by atoms with E-state index in [4.69, 9.17) is 0 Å². The van der Waals surface area contributed by atoms with Crippen LogP contribution in [0.5, 0.6) is 0 Å². The lowest BCUT2D eigenvalue weighted by molar-refractivity contribution is -0.888. The lowest BCUT2D eigenvalue weighted by Crippen LogP contribution is -2.45. The first kappa shape index (κ1) is 22.2. The van der Waals surface area contributed by atoms with E-state index in [-0.39, 0.29) is 0 Å². The summed E-state index contributed by atoms with van der Waals surface area (Å²) in [4.78, 5) is 0. The van der Waals surface area contributed by atoms with Gasteiger partial charge in [-0.3, -0.25) is 4.48 Å². The number of hydrogen-bond acceptors (Lipinski definition) is 1. The van der Waals surface area contributed by atoms with Crippen LogP contribution in [-0.4, -0.2) is 25.1 Å². The van der Waals surface area contributed by atoms with Crippen molar-refractivity contribution in [3.8, 4) is 0 Å². The first-order chi connectivity index (χ1) is 12.3. The summed E-state index contributed by atoms with van der Waals surface area (Å²) in [6, 6.07) is 10.8. The SMILES string of the molecule is C=C(NC)C(C=C(C)CC)=C(C(C)CC)[N+](C)(CC)Cc1ccccc1. The Balaban J connectivity index is 3.62. The number of benzene rings is 1. The van der Waals surface area contributed by atoms with Gasteiger partial charge in [-0.1, -0.05) is 63.3 Å². The Bertz CT molecular complexity index is 639. The Kier molecular flexibility index (Phi) is 8.87. The van der Waals surface area contributed by atoms with Gasteiger partial charge in [0.25, 0.3) is 0 Å². The molecule has 1 N–H and O–H groups in total. The van der Waals surface area contributed by atoms with E-state index in [0.29, 0.717) is 5.92 Å². The number of allylic oxidation sites excluding steroid dienone is 3. The Labute approximate surface area is 161 Å². The smallest absolute Gasteiger partial charge is 0.121 e. The third kappa shape index (κ3) is 5.60. The molecule has 0 saturated carbocycles. The van der Waals surface area contributed by atoms with Crippen molar-refractivity contribution in [3.63, 3.8) is 0 Å². The van der Waals surface area contributed by atoms with Gasteiger partial charge in [-0.05, 0) is 32.8 Å². The van der Waals surface area contributed by atoms with E-state index in [0.717, 1.165) is 36.1 Å². The topological polar surface area (TPSA) is 12.0 Å². The summed E-state index contributed by atoms with van der Waals surface area (Å²) in [5.41, 5.74) is 6.54. The van der Waals surface area contributed by atoms with Crippen molar-refractivity contribution in [3.05, 3.63) is 71.1 Å². The van der Waals surface area contributed by atoms with Gasteiger partial charge in [0.05, 0.1) is 19.2 Å². The molecule has 0 radical (unpaired) electrons. The average Bonchev–Trinajstić information content (AvgIpc) is 2.66. The predicted molar refractivity (Wildman–Crippen MR) is 116 cm³/mol. The zero-order valence-corrected chi connectivity index (χ0v) is 18.0. The first-order valence-corrected chi connectivity index (χ1v) is 10.00. The second kappa shape index (κ2) is 10.4. The fourth-order valence-electron chi connectivity index (χ4n) is 3.43. The van der Waals surface area contributed by atoms with E-state index in [2.05, 4.69) is 90.0 Å². The number of quaternary nitrogens is 1. The van der Waals surface area contributed by atoms with Crippen LogP contribution in [0.1, 0.15) is 53.0 Å². The molecule has 0 aliphatic rings. The van der Waals surface area contributed by atoms with E-state index in [1.165, 1.54) is 22.4 Å². The van der Waals surface area contributed by atoms with E-state index in [9.17, 15) is 0 Å². The molecule has 1 rings (SSSR count). The molecule has 1 aromatic rings. The zero-order valence-electron chi connectivity index (χ0n) is 18.0. The molecule has 0 aliphatic heterocycles. The molecule has 0 saturated heterocycles. The van der Waals surface area contributed by atoms with Crippen LogP contribution < -0.4 is 5.32 Å². The lowest BCUT2D eigenvalue weighted by Gasteiger charge is -2.39.